The first-order valence-corrected chi connectivity index (χ1v) is 7.40. The predicted molar refractivity (Wildman–Crippen MR) is 76.6 cm³/mol. The SMILES string of the molecule is CCOC(=O)CCc1cc(C2CCCNC2)nc(C)n1. The Morgan fingerprint density at radius 1 is 1.50 bits per heavy atom. The minimum Gasteiger partial charge on any atom is -0.466 e. The number of aryl methyl sites for hydroxylation is 2. The van der Waals surface area contributed by atoms with Crippen molar-refractivity contribution in [3.63, 3.8) is 0 Å². The van der Waals surface area contributed by atoms with Gasteiger partial charge in [0.05, 0.1) is 13.0 Å². The molecule has 0 aromatic carbocycles. The molecule has 2 rings (SSSR count). The highest BCUT2D eigenvalue weighted by Crippen LogP contribution is 2.22. The van der Waals surface area contributed by atoms with Gasteiger partial charge in [0.1, 0.15) is 5.82 Å². The zero-order valence-electron chi connectivity index (χ0n) is 12.3. The number of rotatable bonds is 5. The van der Waals surface area contributed by atoms with Crippen LogP contribution in [-0.2, 0) is 16.0 Å². The molecule has 2 heterocycles. The molecule has 0 amide bonds. The molecule has 1 aliphatic heterocycles. The molecule has 0 radical (unpaired) electrons. The van der Waals surface area contributed by atoms with Crippen molar-refractivity contribution in [3.8, 4) is 0 Å². The second kappa shape index (κ2) is 7.33. The van der Waals surface area contributed by atoms with Crippen molar-refractivity contribution in [1.29, 1.82) is 0 Å². The van der Waals surface area contributed by atoms with Crippen LogP contribution in [0, 0.1) is 6.92 Å². The van der Waals surface area contributed by atoms with Crippen LogP contribution in [0.4, 0.5) is 0 Å². The largest absolute Gasteiger partial charge is 0.466 e. The Morgan fingerprint density at radius 2 is 2.35 bits per heavy atom. The van der Waals surface area contributed by atoms with Gasteiger partial charge in [0, 0.05) is 30.3 Å². The van der Waals surface area contributed by atoms with E-state index in [0.29, 0.717) is 25.4 Å². The molecular weight excluding hydrogens is 254 g/mol. The number of hydrogen-bond donors (Lipinski definition) is 1. The van der Waals surface area contributed by atoms with Gasteiger partial charge in [-0.3, -0.25) is 4.79 Å². The van der Waals surface area contributed by atoms with E-state index < -0.39 is 0 Å². The molecule has 1 fully saturated rings. The third kappa shape index (κ3) is 4.27. The fourth-order valence-corrected chi connectivity index (χ4v) is 2.56. The maximum absolute atomic E-state index is 11.4. The summed E-state index contributed by atoms with van der Waals surface area (Å²) in [4.78, 5) is 20.4. The van der Waals surface area contributed by atoms with Crippen LogP contribution in [0.25, 0.3) is 0 Å². The normalized spacial score (nSPS) is 18.8. The molecule has 1 unspecified atom stereocenters. The summed E-state index contributed by atoms with van der Waals surface area (Å²) in [7, 11) is 0. The lowest BCUT2D eigenvalue weighted by Gasteiger charge is -2.22. The standard InChI is InChI=1S/C15H23N3O2/c1-3-20-15(19)7-6-13-9-14(18-11(2)17-13)12-5-4-8-16-10-12/h9,12,16H,3-8,10H2,1-2H3. The smallest absolute Gasteiger partial charge is 0.306 e. The number of nitrogens with one attached hydrogen (secondary N) is 1. The minimum atomic E-state index is -0.162. The Hall–Kier alpha value is -1.49. The first-order chi connectivity index (χ1) is 9.69. The summed E-state index contributed by atoms with van der Waals surface area (Å²) in [5.74, 6) is 1.09. The Kier molecular flexibility index (Phi) is 5.47. The van der Waals surface area contributed by atoms with Crippen molar-refractivity contribution < 1.29 is 9.53 Å². The number of hydrogen-bond acceptors (Lipinski definition) is 5. The molecule has 5 heteroatoms. The fourth-order valence-electron chi connectivity index (χ4n) is 2.56. The minimum absolute atomic E-state index is 0.162. The summed E-state index contributed by atoms with van der Waals surface area (Å²) in [6, 6.07) is 2.05. The van der Waals surface area contributed by atoms with Crippen LogP contribution in [0.1, 0.15) is 49.3 Å². The molecule has 1 atom stereocenters. The van der Waals surface area contributed by atoms with Crippen LogP contribution in [0.2, 0.25) is 0 Å². The molecule has 1 aromatic heterocycles. The second-order valence-electron chi connectivity index (χ2n) is 5.18. The third-order valence-electron chi connectivity index (χ3n) is 3.52. The lowest BCUT2D eigenvalue weighted by molar-refractivity contribution is -0.143. The molecule has 0 saturated carbocycles. The lowest BCUT2D eigenvalue weighted by atomic mass is 9.95. The monoisotopic (exact) mass is 277 g/mol. The zero-order chi connectivity index (χ0) is 14.4. The van der Waals surface area contributed by atoms with Gasteiger partial charge in [0.25, 0.3) is 0 Å². The van der Waals surface area contributed by atoms with E-state index in [1.54, 1.807) is 0 Å². The molecule has 0 spiro atoms. The van der Waals surface area contributed by atoms with E-state index in [0.717, 1.165) is 30.3 Å². The van der Waals surface area contributed by atoms with Crippen LogP contribution in [0.15, 0.2) is 6.07 Å². The number of piperidine rings is 1. The number of ether oxygens (including phenoxy) is 1. The zero-order valence-corrected chi connectivity index (χ0v) is 12.3. The Labute approximate surface area is 120 Å². The second-order valence-corrected chi connectivity index (χ2v) is 5.18. The molecule has 20 heavy (non-hydrogen) atoms. The van der Waals surface area contributed by atoms with Gasteiger partial charge in [-0.25, -0.2) is 9.97 Å². The summed E-state index contributed by atoms with van der Waals surface area (Å²) >= 11 is 0. The average Bonchev–Trinajstić information content (AvgIpc) is 2.46. The summed E-state index contributed by atoms with van der Waals surface area (Å²) in [6.07, 6.45) is 3.36. The van der Waals surface area contributed by atoms with Gasteiger partial charge in [-0.15, -0.1) is 0 Å². The third-order valence-corrected chi connectivity index (χ3v) is 3.52. The molecule has 5 nitrogen and oxygen atoms in total. The van der Waals surface area contributed by atoms with Crippen LogP contribution in [0.5, 0.6) is 0 Å². The first kappa shape index (κ1) is 14.9. The van der Waals surface area contributed by atoms with Crippen LogP contribution < -0.4 is 5.32 Å². The van der Waals surface area contributed by atoms with Crippen molar-refractivity contribution in [2.24, 2.45) is 0 Å². The lowest BCUT2D eigenvalue weighted by Crippen LogP contribution is -2.29. The summed E-state index contributed by atoms with van der Waals surface area (Å²) in [5.41, 5.74) is 2.04. The highest BCUT2D eigenvalue weighted by atomic mass is 16.5. The maximum atomic E-state index is 11.4. The quantitative estimate of drug-likeness (QED) is 0.831. The van der Waals surface area contributed by atoms with E-state index in [2.05, 4.69) is 15.3 Å². The van der Waals surface area contributed by atoms with Gasteiger partial charge in [-0.05, 0) is 39.3 Å². The van der Waals surface area contributed by atoms with E-state index in [1.165, 1.54) is 12.8 Å². The molecule has 0 aliphatic carbocycles. The Balaban J connectivity index is 2.02. The van der Waals surface area contributed by atoms with Gasteiger partial charge >= 0.3 is 5.97 Å². The molecule has 1 N–H and O–H groups in total. The van der Waals surface area contributed by atoms with E-state index in [9.17, 15) is 4.79 Å². The van der Waals surface area contributed by atoms with Crippen LogP contribution >= 0.6 is 0 Å². The van der Waals surface area contributed by atoms with Crippen molar-refractivity contribution in [2.45, 2.75) is 45.4 Å². The van der Waals surface area contributed by atoms with Crippen LogP contribution in [0.3, 0.4) is 0 Å². The summed E-state index contributed by atoms with van der Waals surface area (Å²) in [5, 5.41) is 3.40. The molecule has 0 bridgehead atoms. The average molecular weight is 277 g/mol. The topological polar surface area (TPSA) is 64.1 Å². The van der Waals surface area contributed by atoms with Gasteiger partial charge in [-0.1, -0.05) is 0 Å². The molecule has 1 aromatic rings. The van der Waals surface area contributed by atoms with Gasteiger partial charge in [0.2, 0.25) is 0 Å². The van der Waals surface area contributed by atoms with Crippen molar-refractivity contribution in [3.05, 3.63) is 23.3 Å². The number of carbonyl (C=O) groups excluding carboxylic acids is 1. The molecule has 110 valence electrons. The van der Waals surface area contributed by atoms with E-state index in [1.807, 2.05) is 19.9 Å². The van der Waals surface area contributed by atoms with Crippen molar-refractivity contribution in [2.75, 3.05) is 19.7 Å². The predicted octanol–water partition coefficient (Wildman–Crippen LogP) is 1.75. The Morgan fingerprint density at radius 3 is 3.05 bits per heavy atom. The fraction of sp³-hybridized carbons (Fsp3) is 0.667. The number of esters is 1. The molecule has 1 aliphatic rings. The van der Waals surface area contributed by atoms with E-state index >= 15 is 0 Å². The molecular formula is C15H23N3O2. The highest BCUT2D eigenvalue weighted by molar-refractivity contribution is 5.69. The highest BCUT2D eigenvalue weighted by Gasteiger charge is 2.18. The first-order valence-electron chi connectivity index (χ1n) is 7.40. The van der Waals surface area contributed by atoms with Crippen molar-refractivity contribution >= 4 is 5.97 Å². The maximum Gasteiger partial charge on any atom is 0.306 e. The van der Waals surface area contributed by atoms with E-state index in [-0.39, 0.29) is 5.97 Å². The van der Waals surface area contributed by atoms with Gasteiger partial charge in [-0.2, -0.15) is 0 Å². The van der Waals surface area contributed by atoms with Crippen molar-refractivity contribution in [1.82, 2.24) is 15.3 Å². The molecule has 1 saturated heterocycles. The Bertz CT molecular complexity index is 456. The number of nitrogens with zero attached hydrogens (tertiary/aromatic N) is 2. The number of aromatic nitrogens is 2. The van der Waals surface area contributed by atoms with Gasteiger partial charge in [0.15, 0.2) is 0 Å². The summed E-state index contributed by atoms with van der Waals surface area (Å²) < 4.78 is 4.95. The number of carbonyl (C=O) groups is 1. The van der Waals surface area contributed by atoms with E-state index in [4.69, 9.17) is 4.74 Å². The summed E-state index contributed by atoms with van der Waals surface area (Å²) in [6.45, 7) is 6.24. The van der Waals surface area contributed by atoms with Crippen LogP contribution in [-0.4, -0.2) is 35.6 Å². The van der Waals surface area contributed by atoms with Gasteiger partial charge < -0.3 is 10.1 Å².